The molecule has 0 aliphatic rings. The van der Waals surface area contributed by atoms with Crippen LogP contribution in [0.1, 0.15) is 18.9 Å². The van der Waals surface area contributed by atoms with Crippen LogP contribution < -0.4 is 15.4 Å². The zero-order valence-corrected chi connectivity index (χ0v) is 19.2. The molecule has 0 bridgehead atoms. The number of phenolic OH excluding ortho intramolecular Hbond substituents is 1. The third-order valence-corrected chi connectivity index (χ3v) is 4.59. The van der Waals surface area contributed by atoms with Gasteiger partial charge < -0.3 is 25.0 Å². The number of phenols is 1. The smallest absolute Gasteiger partial charge is 0.191 e. The van der Waals surface area contributed by atoms with Gasteiger partial charge in [-0.25, -0.2) is 4.99 Å². The summed E-state index contributed by atoms with van der Waals surface area (Å²) in [6.45, 7) is 4.93. The van der Waals surface area contributed by atoms with Gasteiger partial charge in [-0.1, -0.05) is 18.2 Å². The maximum Gasteiger partial charge on any atom is 0.191 e. The minimum atomic E-state index is 0. The number of aromatic nitrogens is 1. The largest absolute Gasteiger partial charge is 0.508 e. The van der Waals surface area contributed by atoms with Crippen molar-refractivity contribution in [3.05, 3.63) is 60.3 Å². The second-order valence-electron chi connectivity index (χ2n) is 6.54. The van der Waals surface area contributed by atoms with E-state index in [9.17, 15) is 5.11 Å². The fourth-order valence-electron chi connectivity index (χ4n) is 3.11. The number of aromatic hydroxyl groups is 1. The Morgan fingerprint density at radius 3 is 2.76 bits per heavy atom. The van der Waals surface area contributed by atoms with Crippen molar-refractivity contribution in [1.82, 2.24) is 15.2 Å². The van der Waals surface area contributed by atoms with Crippen molar-refractivity contribution in [3.63, 3.8) is 0 Å². The van der Waals surface area contributed by atoms with Crippen molar-refractivity contribution >= 4 is 40.8 Å². The van der Waals surface area contributed by atoms with Crippen LogP contribution in [0.25, 0.3) is 10.9 Å². The molecule has 156 valence electrons. The third kappa shape index (κ3) is 6.28. The monoisotopic (exact) mass is 508 g/mol. The maximum atomic E-state index is 10.0. The lowest BCUT2D eigenvalue weighted by Gasteiger charge is -2.12. The van der Waals surface area contributed by atoms with Gasteiger partial charge in [0.15, 0.2) is 5.96 Å². The van der Waals surface area contributed by atoms with E-state index in [0.717, 1.165) is 37.6 Å². The molecule has 1 aromatic heterocycles. The Morgan fingerprint density at radius 1 is 1.14 bits per heavy atom. The lowest BCUT2D eigenvalue weighted by Crippen LogP contribution is -2.38. The van der Waals surface area contributed by atoms with Gasteiger partial charge in [-0.3, -0.25) is 0 Å². The molecule has 0 radical (unpaired) electrons. The first kappa shape index (κ1) is 22.9. The molecule has 29 heavy (non-hydrogen) atoms. The SMILES string of the molecule is CCNC(=NCc1cc(OC)ccc1O)NCCCn1ccc2ccccc21.I. The van der Waals surface area contributed by atoms with Crippen LogP contribution in [0, 0.1) is 0 Å². The molecule has 0 fully saturated rings. The van der Waals surface area contributed by atoms with Gasteiger partial charge in [0.25, 0.3) is 0 Å². The van der Waals surface area contributed by atoms with Gasteiger partial charge in [-0.05, 0) is 49.1 Å². The van der Waals surface area contributed by atoms with E-state index in [4.69, 9.17) is 4.74 Å². The van der Waals surface area contributed by atoms with E-state index in [-0.39, 0.29) is 29.7 Å². The Balaban J connectivity index is 0.00000300. The van der Waals surface area contributed by atoms with Crippen LogP contribution in [0.4, 0.5) is 0 Å². The van der Waals surface area contributed by atoms with Crippen molar-refractivity contribution in [2.24, 2.45) is 4.99 Å². The summed E-state index contributed by atoms with van der Waals surface area (Å²) in [7, 11) is 1.61. The highest BCUT2D eigenvalue weighted by molar-refractivity contribution is 14.0. The van der Waals surface area contributed by atoms with Crippen LogP contribution in [0.3, 0.4) is 0 Å². The highest BCUT2D eigenvalue weighted by atomic mass is 127. The molecular formula is C22H29IN4O2. The van der Waals surface area contributed by atoms with Crippen molar-refractivity contribution in [3.8, 4) is 11.5 Å². The molecule has 2 aromatic carbocycles. The lowest BCUT2D eigenvalue weighted by molar-refractivity contribution is 0.411. The number of hydrogen-bond acceptors (Lipinski definition) is 3. The van der Waals surface area contributed by atoms with E-state index in [0.29, 0.717) is 12.3 Å². The first-order valence-electron chi connectivity index (χ1n) is 9.63. The Morgan fingerprint density at radius 2 is 1.97 bits per heavy atom. The van der Waals surface area contributed by atoms with Crippen molar-refractivity contribution in [2.75, 3.05) is 20.2 Å². The summed E-state index contributed by atoms with van der Waals surface area (Å²) >= 11 is 0. The van der Waals surface area contributed by atoms with Crippen molar-refractivity contribution in [2.45, 2.75) is 26.4 Å². The second-order valence-corrected chi connectivity index (χ2v) is 6.54. The van der Waals surface area contributed by atoms with Crippen molar-refractivity contribution in [1.29, 1.82) is 0 Å². The standard InChI is InChI=1S/C22H28N4O2.HI/c1-3-23-22(25-16-18-15-19(28-2)9-10-21(18)27)24-12-6-13-26-14-11-17-7-4-5-8-20(17)26;/h4-5,7-11,14-15,27H,3,6,12-13,16H2,1-2H3,(H2,23,24,25);1H. The Bertz CT molecular complexity index is 939. The number of hydrogen-bond donors (Lipinski definition) is 3. The summed E-state index contributed by atoms with van der Waals surface area (Å²) < 4.78 is 7.49. The number of benzene rings is 2. The van der Waals surface area contributed by atoms with E-state index in [1.54, 1.807) is 25.3 Å². The molecule has 0 saturated carbocycles. The summed E-state index contributed by atoms with van der Waals surface area (Å²) in [6, 6.07) is 15.7. The first-order valence-corrected chi connectivity index (χ1v) is 9.63. The molecule has 6 nitrogen and oxygen atoms in total. The summed E-state index contributed by atoms with van der Waals surface area (Å²) in [5, 5.41) is 17.9. The third-order valence-electron chi connectivity index (χ3n) is 4.59. The Hall–Kier alpha value is -2.42. The Kier molecular flexibility index (Phi) is 9.11. The fraction of sp³-hybridized carbons (Fsp3) is 0.318. The lowest BCUT2D eigenvalue weighted by atomic mass is 10.2. The number of aliphatic imine (C=N–C) groups is 1. The first-order chi connectivity index (χ1) is 13.7. The molecule has 3 N–H and O–H groups in total. The summed E-state index contributed by atoms with van der Waals surface area (Å²) in [5.74, 6) is 1.67. The maximum absolute atomic E-state index is 10.0. The topological polar surface area (TPSA) is 70.8 Å². The van der Waals surface area contributed by atoms with E-state index in [1.165, 1.54) is 10.9 Å². The van der Waals surface area contributed by atoms with Gasteiger partial charge in [-0.15, -0.1) is 24.0 Å². The van der Waals surface area contributed by atoms with Gasteiger partial charge in [0.1, 0.15) is 11.5 Å². The molecule has 0 saturated heterocycles. The minimum Gasteiger partial charge on any atom is -0.508 e. The molecule has 0 aliphatic carbocycles. The van der Waals surface area contributed by atoms with E-state index in [2.05, 4.69) is 56.7 Å². The summed E-state index contributed by atoms with van der Waals surface area (Å²) in [5.41, 5.74) is 1.99. The highest BCUT2D eigenvalue weighted by Gasteiger charge is 2.04. The van der Waals surface area contributed by atoms with Crippen LogP contribution in [-0.2, 0) is 13.1 Å². The number of halogens is 1. The van der Waals surface area contributed by atoms with E-state index in [1.807, 2.05) is 6.92 Å². The van der Waals surface area contributed by atoms with Gasteiger partial charge in [0.2, 0.25) is 0 Å². The molecule has 0 atom stereocenters. The minimum absolute atomic E-state index is 0. The zero-order chi connectivity index (χ0) is 19.8. The normalized spacial score (nSPS) is 11.2. The van der Waals surface area contributed by atoms with Gasteiger partial charge in [0, 0.05) is 36.9 Å². The van der Waals surface area contributed by atoms with E-state index < -0.39 is 0 Å². The molecule has 0 unspecified atom stereocenters. The van der Waals surface area contributed by atoms with Crippen LogP contribution >= 0.6 is 24.0 Å². The molecule has 3 aromatic rings. The van der Waals surface area contributed by atoms with E-state index >= 15 is 0 Å². The second kappa shape index (κ2) is 11.5. The molecule has 0 spiro atoms. The number of fused-ring (bicyclic) bond motifs is 1. The highest BCUT2D eigenvalue weighted by Crippen LogP contribution is 2.23. The average molecular weight is 508 g/mol. The van der Waals surface area contributed by atoms with Gasteiger partial charge in [0.05, 0.1) is 13.7 Å². The predicted molar refractivity (Wildman–Crippen MR) is 129 cm³/mol. The summed E-state index contributed by atoms with van der Waals surface area (Å²) in [6.07, 6.45) is 3.11. The average Bonchev–Trinajstić information content (AvgIpc) is 3.13. The molecule has 3 rings (SSSR count). The van der Waals surface area contributed by atoms with Gasteiger partial charge in [-0.2, -0.15) is 0 Å². The molecule has 1 heterocycles. The molecule has 7 heteroatoms. The number of ether oxygens (including phenoxy) is 1. The van der Waals surface area contributed by atoms with Crippen LogP contribution in [0.15, 0.2) is 59.7 Å². The van der Waals surface area contributed by atoms with Crippen molar-refractivity contribution < 1.29 is 9.84 Å². The predicted octanol–water partition coefficient (Wildman–Crippen LogP) is 4.12. The van der Waals surface area contributed by atoms with Crippen LogP contribution in [0.5, 0.6) is 11.5 Å². The molecular weight excluding hydrogens is 479 g/mol. The van der Waals surface area contributed by atoms with Crippen LogP contribution in [0.2, 0.25) is 0 Å². The number of nitrogens with zero attached hydrogens (tertiary/aromatic N) is 2. The Labute approximate surface area is 189 Å². The number of nitrogens with one attached hydrogen (secondary N) is 2. The van der Waals surface area contributed by atoms with Gasteiger partial charge >= 0.3 is 0 Å². The summed E-state index contributed by atoms with van der Waals surface area (Å²) in [4.78, 5) is 4.58. The zero-order valence-electron chi connectivity index (χ0n) is 16.9. The number of para-hydroxylation sites is 1. The quantitative estimate of drug-likeness (QED) is 0.185. The number of methoxy groups -OCH3 is 1. The number of rotatable bonds is 8. The van der Waals surface area contributed by atoms with Crippen LogP contribution in [-0.4, -0.2) is 35.8 Å². The molecule has 0 amide bonds. The number of guanidine groups is 1. The molecule has 0 aliphatic heterocycles. The number of aryl methyl sites for hydroxylation is 1. The fourth-order valence-corrected chi connectivity index (χ4v) is 3.11.